The Morgan fingerprint density at radius 1 is 1.45 bits per heavy atom. The quantitative estimate of drug-likeness (QED) is 0.902. The Bertz CT molecular complexity index is 602. The first-order valence-corrected chi connectivity index (χ1v) is 6.64. The fourth-order valence-corrected chi connectivity index (χ4v) is 2.51. The number of imidazole rings is 1. The number of alkyl halides is 2. The molecule has 4 nitrogen and oxygen atoms in total. The summed E-state index contributed by atoms with van der Waals surface area (Å²) in [6.45, 7) is -1.12. The third-order valence-corrected chi connectivity index (χ3v) is 3.25. The molecule has 7 heteroatoms. The summed E-state index contributed by atoms with van der Waals surface area (Å²) in [6.07, 6.45) is 2.50. The SMILES string of the molecule is Cc1cc(Br)cc(CO)c1OCc1nccn1C(F)F. The highest BCUT2D eigenvalue weighted by atomic mass is 79.9. The van der Waals surface area contributed by atoms with Crippen molar-refractivity contribution < 1.29 is 18.6 Å². The van der Waals surface area contributed by atoms with Gasteiger partial charge in [0.05, 0.1) is 6.61 Å². The van der Waals surface area contributed by atoms with E-state index in [1.54, 1.807) is 6.07 Å². The molecular weight excluding hydrogens is 334 g/mol. The molecule has 1 aromatic carbocycles. The lowest BCUT2D eigenvalue weighted by molar-refractivity contribution is 0.0631. The zero-order valence-electron chi connectivity index (χ0n) is 10.7. The van der Waals surface area contributed by atoms with Crippen LogP contribution in [0.3, 0.4) is 0 Å². The van der Waals surface area contributed by atoms with Gasteiger partial charge >= 0.3 is 6.55 Å². The molecule has 0 radical (unpaired) electrons. The summed E-state index contributed by atoms with van der Waals surface area (Å²) in [7, 11) is 0. The minimum absolute atomic E-state index is 0.0905. The van der Waals surface area contributed by atoms with Crippen molar-refractivity contribution in [2.24, 2.45) is 0 Å². The second-order valence-electron chi connectivity index (χ2n) is 4.19. The minimum Gasteiger partial charge on any atom is -0.485 e. The maximum Gasteiger partial charge on any atom is 0.320 e. The second kappa shape index (κ2) is 6.32. The van der Waals surface area contributed by atoms with Gasteiger partial charge in [0.2, 0.25) is 0 Å². The number of aromatic nitrogens is 2. The van der Waals surface area contributed by atoms with Crippen molar-refractivity contribution >= 4 is 15.9 Å². The Balaban J connectivity index is 2.21. The monoisotopic (exact) mass is 346 g/mol. The number of aryl methyl sites for hydroxylation is 1. The van der Waals surface area contributed by atoms with Gasteiger partial charge < -0.3 is 9.84 Å². The van der Waals surface area contributed by atoms with Gasteiger partial charge in [-0.1, -0.05) is 15.9 Å². The number of rotatable bonds is 5. The van der Waals surface area contributed by atoms with Gasteiger partial charge in [0.25, 0.3) is 0 Å². The maximum absolute atomic E-state index is 12.7. The number of aliphatic hydroxyl groups excluding tert-OH is 1. The molecule has 2 aromatic rings. The molecule has 0 amide bonds. The van der Waals surface area contributed by atoms with Crippen LogP contribution in [0.25, 0.3) is 0 Å². The lowest BCUT2D eigenvalue weighted by Crippen LogP contribution is -2.08. The first kappa shape index (κ1) is 14.9. The standard InChI is InChI=1S/C13H13BrF2N2O2/c1-8-4-10(14)5-9(6-19)12(8)20-7-11-17-2-3-18(11)13(15)16/h2-5,13,19H,6-7H2,1H3. The van der Waals surface area contributed by atoms with Gasteiger partial charge in [0.1, 0.15) is 12.4 Å². The van der Waals surface area contributed by atoms with Gasteiger partial charge in [0, 0.05) is 22.4 Å². The van der Waals surface area contributed by atoms with E-state index in [-0.39, 0.29) is 19.0 Å². The van der Waals surface area contributed by atoms with Crippen LogP contribution in [0.5, 0.6) is 5.75 Å². The molecule has 20 heavy (non-hydrogen) atoms. The predicted octanol–water partition coefficient (Wildman–Crippen LogP) is 3.42. The van der Waals surface area contributed by atoms with E-state index in [0.717, 1.165) is 14.6 Å². The van der Waals surface area contributed by atoms with Crippen LogP contribution in [-0.2, 0) is 13.2 Å². The van der Waals surface area contributed by atoms with E-state index in [9.17, 15) is 13.9 Å². The second-order valence-corrected chi connectivity index (χ2v) is 5.10. The first-order chi connectivity index (χ1) is 9.52. The molecule has 0 aliphatic rings. The molecule has 0 spiro atoms. The molecule has 0 aliphatic carbocycles. The Labute approximate surface area is 123 Å². The minimum atomic E-state index is -2.65. The van der Waals surface area contributed by atoms with Crippen LogP contribution < -0.4 is 4.74 Å². The molecular formula is C13H13BrF2N2O2. The van der Waals surface area contributed by atoms with Crippen molar-refractivity contribution in [1.82, 2.24) is 9.55 Å². The molecule has 0 saturated heterocycles. The third kappa shape index (κ3) is 3.16. The number of benzene rings is 1. The van der Waals surface area contributed by atoms with Crippen LogP contribution in [-0.4, -0.2) is 14.7 Å². The van der Waals surface area contributed by atoms with Crippen molar-refractivity contribution in [2.75, 3.05) is 0 Å². The highest BCUT2D eigenvalue weighted by Gasteiger charge is 2.14. The van der Waals surface area contributed by atoms with Gasteiger partial charge in [-0.25, -0.2) is 4.98 Å². The van der Waals surface area contributed by atoms with E-state index >= 15 is 0 Å². The van der Waals surface area contributed by atoms with Crippen molar-refractivity contribution in [1.29, 1.82) is 0 Å². The van der Waals surface area contributed by atoms with Crippen LogP contribution in [0.2, 0.25) is 0 Å². The first-order valence-electron chi connectivity index (χ1n) is 5.85. The van der Waals surface area contributed by atoms with Gasteiger partial charge in [-0.3, -0.25) is 4.57 Å². The zero-order valence-corrected chi connectivity index (χ0v) is 12.3. The van der Waals surface area contributed by atoms with E-state index in [2.05, 4.69) is 20.9 Å². The summed E-state index contributed by atoms with van der Waals surface area (Å²) in [5.74, 6) is 0.616. The largest absolute Gasteiger partial charge is 0.485 e. The van der Waals surface area contributed by atoms with E-state index in [1.807, 2.05) is 13.0 Å². The molecule has 108 valence electrons. The topological polar surface area (TPSA) is 47.3 Å². The normalized spacial score (nSPS) is 11.1. The van der Waals surface area contributed by atoms with Crippen LogP contribution in [0, 0.1) is 6.92 Å². The van der Waals surface area contributed by atoms with Gasteiger partial charge in [-0.15, -0.1) is 0 Å². The Morgan fingerprint density at radius 3 is 2.85 bits per heavy atom. The van der Waals surface area contributed by atoms with Crippen LogP contribution in [0.15, 0.2) is 29.0 Å². The van der Waals surface area contributed by atoms with E-state index < -0.39 is 6.55 Å². The molecule has 0 saturated carbocycles. The average Bonchev–Trinajstić information content (AvgIpc) is 2.85. The molecule has 0 bridgehead atoms. The average molecular weight is 347 g/mol. The van der Waals surface area contributed by atoms with Crippen LogP contribution >= 0.6 is 15.9 Å². The van der Waals surface area contributed by atoms with Crippen molar-refractivity contribution in [3.63, 3.8) is 0 Å². The molecule has 0 fully saturated rings. The number of halogens is 3. The summed E-state index contributed by atoms with van der Waals surface area (Å²) in [4.78, 5) is 3.84. The highest BCUT2D eigenvalue weighted by molar-refractivity contribution is 9.10. The molecule has 1 N–H and O–H groups in total. The van der Waals surface area contributed by atoms with Crippen LogP contribution in [0.4, 0.5) is 8.78 Å². The number of nitrogens with zero attached hydrogens (tertiary/aromatic N) is 2. The Kier molecular flexibility index (Phi) is 4.72. The summed E-state index contributed by atoms with van der Waals surface area (Å²) < 4.78 is 32.5. The van der Waals surface area contributed by atoms with Gasteiger partial charge in [0.15, 0.2) is 5.82 Å². The summed E-state index contributed by atoms with van der Waals surface area (Å²) in [6, 6.07) is 3.55. The van der Waals surface area contributed by atoms with Crippen LogP contribution in [0.1, 0.15) is 23.5 Å². The van der Waals surface area contributed by atoms with Gasteiger partial charge in [-0.2, -0.15) is 8.78 Å². The number of hydrogen-bond donors (Lipinski definition) is 1. The summed E-state index contributed by atoms with van der Waals surface area (Å²) >= 11 is 3.33. The fraction of sp³-hybridized carbons (Fsp3) is 0.308. The number of ether oxygens (including phenoxy) is 1. The smallest absolute Gasteiger partial charge is 0.320 e. The highest BCUT2D eigenvalue weighted by Crippen LogP contribution is 2.29. The molecule has 1 heterocycles. The number of hydrogen-bond acceptors (Lipinski definition) is 3. The predicted molar refractivity (Wildman–Crippen MR) is 72.6 cm³/mol. The molecule has 1 aromatic heterocycles. The van der Waals surface area contributed by atoms with E-state index in [4.69, 9.17) is 4.74 Å². The Hall–Kier alpha value is -1.47. The maximum atomic E-state index is 12.7. The lowest BCUT2D eigenvalue weighted by Gasteiger charge is -2.14. The number of aliphatic hydroxyl groups is 1. The lowest BCUT2D eigenvalue weighted by atomic mass is 10.1. The molecule has 0 aliphatic heterocycles. The summed E-state index contributed by atoms with van der Waals surface area (Å²) in [5.41, 5.74) is 1.39. The van der Waals surface area contributed by atoms with Gasteiger partial charge in [-0.05, 0) is 24.6 Å². The summed E-state index contributed by atoms with van der Waals surface area (Å²) in [5, 5.41) is 9.33. The molecule has 2 rings (SSSR count). The third-order valence-electron chi connectivity index (χ3n) is 2.79. The zero-order chi connectivity index (χ0) is 14.7. The van der Waals surface area contributed by atoms with E-state index in [1.165, 1.54) is 12.4 Å². The Morgan fingerprint density at radius 2 is 2.20 bits per heavy atom. The van der Waals surface area contributed by atoms with Crippen molar-refractivity contribution in [3.05, 3.63) is 46.0 Å². The molecule has 0 atom stereocenters. The fourth-order valence-electron chi connectivity index (χ4n) is 1.89. The molecule has 0 unspecified atom stereocenters. The van der Waals surface area contributed by atoms with Crippen molar-refractivity contribution in [2.45, 2.75) is 26.7 Å². The van der Waals surface area contributed by atoms with Crippen molar-refractivity contribution in [3.8, 4) is 5.75 Å². The van der Waals surface area contributed by atoms with E-state index in [0.29, 0.717) is 11.3 Å².